The molecule has 0 aliphatic heterocycles. The summed E-state index contributed by atoms with van der Waals surface area (Å²) in [5, 5.41) is 8.53. The minimum atomic E-state index is -0.819. The molecule has 1 N–H and O–H groups in total. The van der Waals surface area contributed by atoms with Crippen molar-refractivity contribution in [2.24, 2.45) is 0 Å². The lowest BCUT2D eigenvalue weighted by molar-refractivity contribution is -0.137. The zero-order chi connectivity index (χ0) is 12.3. The van der Waals surface area contributed by atoms with E-state index >= 15 is 0 Å². The van der Waals surface area contributed by atoms with E-state index < -0.39 is 5.97 Å². The van der Waals surface area contributed by atoms with E-state index in [0.29, 0.717) is 35.7 Å². The third-order valence-corrected chi connectivity index (χ3v) is 2.29. The maximum Gasteiger partial charge on any atom is 0.303 e. The van der Waals surface area contributed by atoms with Crippen LogP contribution in [-0.4, -0.2) is 28.2 Å². The summed E-state index contributed by atoms with van der Waals surface area (Å²) >= 11 is 0. The number of nitrogens with zero attached hydrogens (tertiary/aromatic N) is 2. The molecule has 0 aliphatic carbocycles. The van der Waals surface area contributed by atoms with Gasteiger partial charge in [0.2, 0.25) is 5.88 Å². The minimum absolute atomic E-state index is 0.105. The van der Waals surface area contributed by atoms with Crippen molar-refractivity contribution in [3.05, 3.63) is 18.2 Å². The number of methoxy groups -OCH3 is 1. The molecule has 0 unspecified atom stereocenters. The molecular weight excluding hydrogens is 224 g/mol. The number of pyridine rings is 1. The number of ether oxygens (including phenoxy) is 1. The lowest BCUT2D eigenvalue weighted by Gasteiger charge is -1.95. The van der Waals surface area contributed by atoms with Crippen LogP contribution in [0.1, 0.15) is 18.7 Å². The molecule has 2 aromatic rings. The molecule has 0 aliphatic rings. The van der Waals surface area contributed by atoms with Crippen LogP contribution in [0.3, 0.4) is 0 Å². The van der Waals surface area contributed by atoms with Crippen molar-refractivity contribution < 1.29 is 19.1 Å². The highest BCUT2D eigenvalue weighted by atomic mass is 16.5. The number of hydrogen-bond acceptors (Lipinski definition) is 5. The third kappa shape index (κ3) is 2.52. The molecule has 0 bridgehead atoms. The number of hydrogen-bond donors (Lipinski definition) is 1. The summed E-state index contributed by atoms with van der Waals surface area (Å²) < 4.78 is 10.5. The number of rotatable bonds is 5. The standard InChI is InChI=1S/C11H12N2O4/c1-16-11-10-7(5-6-12-11)17-8(13-10)3-2-4-9(14)15/h5-6H,2-4H2,1H3,(H,14,15). The van der Waals surface area contributed by atoms with E-state index in [0.717, 1.165) is 0 Å². The summed E-state index contributed by atoms with van der Waals surface area (Å²) in [6.45, 7) is 0. The van der Waals surface area contributed by atoms with Crippen LogP contribution in [0, 0.1) is 0 Å². The second-order valence-corrected chi connectivity index (χ2v) is 3.52. The molecule has 2 aromatic heterocycles. The normalized spacial score (nSPS) is 10.6. The largest absolute Gasteiger partial charge is 0.481 e. The molecule has 0 saturated heterocycles. The zero-order valence-corrected chi connectivity index (χ0v) is 9.34. The average molecular weight is 236 g/mol. The Morgan fingerprint density at radius 1 is 1.59 bits per heavy atom. The molecule has 0 spiro atoms. The molecule has 6 nitrogen and oxygen atoms in total. The maximum absolute atomic E-state index is 10.4. The molecule has 6 heteroatoms. The second kappa shape index (κ2) is 4.82. The van der Waals surface area contributed by atoms with Crippen LogP contribution in [-0.2, 0) is 11.2 Å². The second-order valence-electron chi connectivity index (χ2n) is 3.52. The summed E-state index contributed by atoms with van der Waals surface area (Å²) in [5.74, 6) is 0.101. The van der Waals surface area contributed by atoms with Crippen LogP contribution in [0.2, 0.25) is 0 Å². The van der Waals surface area contributed by atoms with Crippen molar-refractivity contribution in [2.45, 2.75) is 19.3 Å². The van der Waals surface area contributed by atoms with Gasteiger partial charge in [-0.1, -0.05) is 0 Å². The Bertz CT molecular complexity index is 535. The van der Waals surface area contributed by atoms with Crippen molar-refractivity contribution in [1.29, 1.82) is 0 Å². The quantitative estimate of drug-likeness (QED) is 0.849. The van der Waals surface area contributed by atoms with Crippen molar-refractivity contribution in [3.63, 3.8) is 0 Å². The molecule has 0 saturated carbocycles. The molecule has 2 rings (SSSR count). The van der Waals surface area contributed by atoms with Crippen LogP contribution in [0.5, 0.6) is 5.88 Å². The lowest BCUT2D eigenvalue weighted by atomic mass is 10.2. The van der Waals surface area contributed by atoms with E-state index in [9.17, 15) is 4.79 Å². The summed E-state index contributed by atoms with van der Waals surface area (Å²) in [6, 6.07) is 1.70. The van der Waals surface area contributed by atoms with Crippen molar-refractivity contribution in [3.8, 4) is 5.88 Å². The van der Waals surface area contributed by atoms with Gasteiger partial charge in [0.25, 0.3) is 0 Å². The first-order valence-electron chi connectivity index (χ1n) is 5.21. The summed E-state index contributed by atoms with van der Waals surface area (Å²) in [4.78, 5) is 18.6. The summed E-state index contributed by atoms with van der Waals surface area (Å²) in [7, 11) is 1.51. The fraction of sp³-hybridized carbons (Fsp3) is 0.364. The van der Waals surface area contributed by atoms with Gasteiger partial charge in [-0.25, -0.2) is 9.97 Å². The molecule has 0 radical (unpaired) electrons. The van der Waals surface area contributed by atoms with Gasteiger partial charge < -0.3 is 14.3 Å². The number of carbonyl (C=O) groups is 1. The summed E-state index contributed by atoms with van der Waals surface area (Å²) in [5.41, 5.74) is 1.17. The van der Waals surface area contributed by atoms with E-state index in [4.69, 9.17) is 14.3 Å². The van der Waals surface area contributed by atoms with Crippen molar-refractivity contribution in [2.75, 3.05) is 7.11 Å². The van der Waals surface area contributed by atoms with Gasteiger partial charge in [0.05, 0.1) is 7.11 Å². The van der Waals surface area contributed by atoms with E-state index in [2.05, 4.69) is 9.97 Å². The number of oxazole rings is 1. The highest BCUT2D eigenvalue weighted by Crippen LogP contribution is 2.23. The topological polar surface area (TPSA) is 85.5 Å². The van der Waals surface area contributed by atoms with Crippen LogP contribution in [0.15, 0.2) is 16.7 Å². The van der Waals surface area contributed by atoms with Gasteiger partial charge >= 0.3 is 5.97 Å². The Morgan fingerprint density at radius 3 is 3.12 bits per heavy atom. The monoisotopic (exact) mass is 236 g/mol. The molecule has 2 heterocycles. The van der Waals surface area contributed by atoms with Gasteiger partial charge in [0, 0.05) is 25.1 Å². The number of aromatic nitrogens is 2. The van der Waals surface area contributed by atoms with Gasteiger partial charge in [-0.15, -0.1) is 0 Å². The molecule has 17 heavy (non-hydrogen) atoms. The molecule has 0 aromatic carbocycles. The van der Waals surface area contributed by atoms with Crippen LogP contribution in [0.4, 0.5) is 0 Å². The molecular formula is C11H12N2O4. The Hall–Kier alpha value is -2.11. The predicted octanol–water partition coefficient (Wildman–Crippen LogP) is 1.64. The van der Waals surface area contributed by atoms with E-state index in [1.54, 1.807) is 12.3 Å². The van der Waals surface area contributed by atoms with Gasteiger partial charge in [-0.2, -0.15) is 0 Å². The molecule has 0 amide bonds. The fourth-order valence-corrected chi connectivity index (χ4v) is 1.53. The SMILES string of the molecule is COc1nccc2oc(CCCC(=O)O)nc12. The molecule has 0 fully saturated rings. The Kier molecular flexibility index (Phi) is 3.22. The van der Waals surface area contributed by atoms with Gasteiger partial charge in [0.15, 0.2) is 17.0 Å². The lowest BCUT2D eigenvalue weighted by Crippen LogP contribution is -1.95. The number of carboxylic acids is 1. The third-order valence-electron chi connectivity index (χ3n) is 2.29. The number of aryl methyl sites for hydroxylation is 1. The van der Waals surface area contributed by atoms with Crippen LogP contribution >= 0.6 is 0 Å². The Balaban J connectivity index is 2.17. The first-order valence-corrected chi connectivity index (χ1v) is 5.21. The van der Waals surface area contributed by atoms with Crippen molar-refractivity contribution in [1.82, 2.24) is 9.97 Å². The van der Waals surface area contributed by atoms with E-state index in [-0.39, 0.29) is 6.42 Å². The van der Waals surface area contributed by atoms with E-state index in [1.807, 2.05) is 0 Å². The Morgan fingerprint density at radius 2 is 2.41 bits per heavy atom. The maximum atomic E-state index is 10.4. The highest BCUT2D eigenvalue weighted by Gasteiger charge is 2.11. The first-order chi connectivity index (χ1) is 8.20. The molecule has 0 atom stereocenters. The average Bonchev–Trinajstić information content (AvgIpc) is 2.70. The molecule has 90 valence electrons. The fourth-order valence-electron chi connectivity index (χ4n) is 1.53. The predicted molar refractivity (Wildman–Crippen MR) is 58.9 cm³/mol. The van der Waals surface area contributed by atoms with Crippen LogP contribution in [0.25, 0.3) is 11.1 Å². The smallest absolute Gasteiger partial charge is 0.303 e. The van der Waals surface area contributed by atoms with Crippen LogP contribution < -0.4 is 4.74 Å². The number of aliphatic carboxylic acids is 1. The Labute approximate surface area is 97.2 Å². The van der Waals surface area contributed by atoms with Gasteiger partial charge in [-0.05, 0) is 6.42 Å². The number of carboxylic acid groups (broad SMARTS) is 1. The van der Waals surface area contributed by atoms with E-state index in [1.165, 1.54) is 7.11 Å². The van der Waals surface area contributed by atoms with Gasteiger partial charge in [-0.3, -0.25) is 4.79 Å². The van der Waals surface area contributed by atoms with Gasteiger partial charge in [0.1, 0.15) is 0 Å². The minimum Gasteiger partial charge on any atom is -0.481 e. The summed E-state index contributed by atoms with van der Waals surface area (Å²) in [6.07, 6.45) is 2.67. The first kappa shape index (κ1) is 11.4. The highest BCUT2D eigenvalue weighted by molar-refractivity contribution is 5.77. The zero-order valence-electron chi connectivity index (χ0n) is 9.34. The van der Waals surface area contributed by atoms with Crippen molar-refractivity contribution >= 4 is 17.1 Å². The number of fused-ring (bicyclic) bond motifs is 1.